The monoisotopic (exact) mass is 483 g/mol. The lowest BCUT2D eigenvalue weighted by atomic mass is 9.92. The standard InChI is InChI=1S/C28H49N7/c1-2-3-4-5-6-7-8-9-10-13-20-30-26-25-27(35(21-31-25)24-14-11-12-15-24)34-28(33-26)32-23-18-16-22(29)17-19-23/h21-24H,2-20,29H2,1H3,(H2,30,32,33,34)/t22-,23-. The maximum absolute atomic E-state index is 6.11. The van der Waals surface area contributed by atoms with Gasteiger partial charge in [0.25, 0.3) is 0 Å². The molecule has 0 atom stereocenters. The van der Waals surface area contributed by atoms with E-state index in [1.54, 1.807) is 0 Å². The van der Waals surface area contributed by atoms with E-state index in [9.17, 15) is 0 Å². The zero-order valence-electron chi connectivity index (χ0n) is 22.1. The lowest BCUT2D eigenvalue weighted by Gasteiger charge is -2.27. The molecule has 7 heteroatoms. The van der Waals surface area contributed by atoms with Crippen molar-refractivity contribution in [3.05, 3.63) is 6.33 Å². The number of nitrogens with two attached hydrogens (primary N) is 1. The molecule has 4 rings (SSSR count). The SMILES string of the molecule is CCCCCCCCCCCCNc1nc(N[C@H]2CC[C@H](N)CC2)nc2c1ncn2C1CCCC1. The molecule has 2 aromatic heterocycles. The van der Waals surface area contributed by atoms with Gasteiger partial charge in [0.15, 0.2) is 17.0 Å². The molecule has 0 unspecified atom stereocenters. The topological polar surface area (TPSA) is 93.7 Å². The van der Waals surface area contributed by atoms with Crippen molar-refractivity contribution in [2.24, 2.45) is 5.73 Å². The molecule has 196 valence electrons. The predicted octanol–water partition coefficient (Wildman–Crippen LogP) is 6.96. The van der Waals surface area contributed by atoms with Crippen LogP contribution in [0.3, 0.4) is 0 Å². The second-order valence-corrected chi connectivity index (χ2v) is 11.0. The van der Waals surface area contributed by atoms with E-state index in [1.807, 2.05) is 6.33 Å². The number of rotatable bonds is 15. The Balaban J connectivity index is 1.31. The molecule has 2 fully saturated rings. The summed E-state index contributed by atoms with van der Waals surface area (Å²) in [5.41, 5.74) is 8.01. The van der Waals surface area contributed by atoms with Crippen LogP contribution in [-0.2, 0) is 0 Å². The highest BCUT2D eigenvalue weighted by atomic mass is 15.2. The van der Waals surface area contributed by atoms with Gasteiger partial charge in [0, 0.05) is 24.7 Å². The first-order valence-corrected chi connectivity index (χ1v) is 14.7. The molecular formula is C28H49N7. The molecule has 4 N–H and O–H groups in total. The summed E-state index contributed by atoms with van der Waals surface area (Å²) in [5.74, 6) is 1.63. The van der Waals surface area contributed by atoms with Crippen LogP contribution in [0, 0.1) is 0 Å². The summed E-state index contributed by atoms with van der Waals surface area (Å²) >= 11 is 0. The van der Waals surface area contributed by atoms with Gasteiger partial charge in [0.1, 0.15) is 0 Å². The number of nitrogens with zero attached hydrogens (tertiary/aromatic N) is 4. The van der Waals surface area contributed by atoms with Crippen LogP contribution in [0.1, 0.15) is 129 Å². The Hall–Kier alpha value is -1.89. The second kappa shape index (κ2) is 14.0. The molecule has 0 bridgehead atoms. The zero-order valence-corrected chi connectivity index (χ0v) is 22.1. The van der Waals surface area contributed by atoms with Crippen molar-refractivity contribution < 1.29 is 0 Å². The summed E-state index contributed by atoms with van der Waals surface area (Å²) in [7, 11) is 0. The largest absolute Gasteiger partial charge is 0.368 e. The van der Waals surface area contributed by atoms with E-state index in [2.05, 4.69) is 22.1 Å². The smallest absolute Gasteiger partial charge is 0.227 e. The van der Waals surface area contributed by atoms with Crippen LogP contribution in [0.25, 0.3) is 11.2 Å². The molecule has 2 aliphatic rings. The van der Waals surface area contributed by atoms with Gasteiger partial charge < -0.3 is 20.9 Å². The average Bonchev–Trinajstić information content (AvgIpc) is 3.54. The lowest BCUT2D eigenvalue weighted by molar-refractivity contribution is 0.410. The molecule has 35 heavy (non-hydrogen) atoms. The predicted molar refractivity (Wildman–Crippen MR) is 147 cm³/mol. The van der Waals surface area contributed by atoms with Crippen LogP contribution in [0.5, 0.6) is 0 Å². The van der Waals surface area contributed by atoms with E-state index in [-0.39, 0.29) is 0 Å². The molecule has 0 saturated heterocycles. The fourth-order valence-electron chi connectivity index (χ4n) is 5.82. The van der Waals surface area contributed by atoms with Crippen LogP contribution in [0.4, 0.5) is 11.8 Å². The van der Waals surface area contributed by atoms with E-state index in [4.69, 9.17) is 20.7 Å². The summed E-state index contributed by atoms with van der Waals surface area (Å²) in [6, 6.07) is 1.27. The molecule has 0 spiro atoms. The summed E-state index contributed by atoms with van der Waals surface area (Å²) < 4.78 is 2.30. The Labute approximate surface area is 212 Å². The van der Waals surface area contributed by atoms with E-state index >= 15 is 0 Å². The van der Waals surface area contributed by atoms with Crippen LogP contribution >= 0.6 is 0 Å². The number of imidazole rings is 1. The third-order valence-corrected chi connectivity index (χ3v) is 8.07. The van der Waals surface area contributed by atoms with Gasteiger partial charge in [-0.15, -0.1) is 0 Å². The van der Waals surface area contributed by atoms with Gasteiger partial charge in [-0.2, -0.15) is 9.97 Å². The Kier molecular flexibility index (Phi) is 10.5. The molecule has 2 saturated carbocycles. The molecule has 0 amide bonds. The summed E-state index contributed by atoms with van der Waals surface area (Å²) in [4.78, 5) is 14.6. The third kappa shape index (κ3) is 7.80. The summed E-state index contributed by atoms with van der Waals surface area (Å²) in [6.07, 6.45) is 24.9. The highest BCUT2D eigenvalue weighted by molar-refractivity contribution is 5.84. The van der Waals surface area contributed by atoms with Crippen molar-refractivity contribution in [2.45, 2.75) is 141 Å². The summed E-state index contributed by atoms with van der Waals surface area (Å²) in [5, 5.41) is 7.24. The van der Waals surface area contributed by atoms with Gasteiger partial charge in [-0.3, -0.25) is 0 Å². The Morgan fingerprint density at radius 2 is 1.51 bits per heavy atom. The van der Waals surface area contributed by atoms with Gasteiger partial charge in [0.2, 0.25) is 5.95 Å². The van der Waals surface area contributed by atoms with Crippen molar-refractivity contribution >= 4 is 22.9 Å². The van der Waals surface area contributed by atoms with Gasteiger partial charge in [-0.1, -0.05) is 77.6 Å². The van der Waals surface area contributed by atoms with Gasteiger partial charge >= 0.3 is 0 Å². The van der Waals surface area contributed by atoms with Crippen molar-refractivity contribution in [1.82, 2.24) is 19.5 Å². The van der Waals surface area contributed by atoms with E-state index in [0.29, 0.717) is 18.1 Å². The number of anilines is 2. The first kappa shape index (κ1) is 26.2. The number of fused-ring (bicyclic) bond motifs is 1. The second-order valence-electron chi connectivity index (χ2n) is 11.0. The van der Waals surface area contributed by atoms with E-state index in [1.165, 1.54) is 89.9 Å². The van der Waals surface area contributed by atoms with Crippen molar-refractivity contribution in [3.63, 3.8) is 0 Å². The van der Waals surface area contributed by atoms with Crippen LogP contribution in [-0.4, -0.2) is 38.1 Å². The minimum Gasteiger partial charge on any atom is -0.368 e. The third-order valence-electron chi connectivity index (χ3n) is 8.07. The van der Waals surface area contributed by atoms with Crippen molar-refractivity contribution in [2.75, 3.05) is 17.2 Å². The molecule has 7 nitrogen and oxygen atoms in total. The number of unbranched alkanes of at least 4 members (excludes halogenated alkanes) is 9. The molecular weight excluding hydrogens is 434 g/mol. The Bertz CT molecular complexity index is 866. The maximum atomic E-state index is 6.11. The molecule has 0 radical (unpaired) electrons. The average molecular weight is 484 g/mol. The van der Waals surface area contributed by atoms with Crippen LogP contribution in [0.15, 0.2) is 6.33 Å². The van der Waals surface area contributed by atoms with Gasteiger partial charge in [-0.05, 0) is 44.9 Å². The normalized spacial score (nSPS) is 21.1. The molecule has 2 aromatic rings. The molecule has 2 aliphatic carbocycles. The van der Waals surface area contributed by atoms with Gasteiger partial charge in [0.05, 0.1) is 6.33 Å². The first-order chi connectivity index (χ1) is 17.2. The fraction of sp³-hybridized carbons (Fsp3) is 0.821. The highest BCUT2D eigenvalue weighted by Gasteiger charge is 2.23. The van der Waals surface area contributed by atoms with Crippen molar-refractivity contribution in [3.8, 4) is 0 Å². The van der Waals surface area contributed by atoms with Crippen molar-refractivity contribution in [1.29, 1.82) is 0 Å². The Morgan fingerprint density at radius 3 is 2.20 bits per heavy atom. The fourth-order valence-corrected chi connectivity index (χ4v) is 5.82. The summed E-state index contributed by atoms with van der Waals surface area (Å²) in [6.45, 7) is 3.22. The Morgan fingerprint density at radius 1 is 0.857 bits per heavy atom. The van der Waals surface area contributed by atoms with Crippen LogP contribution < -0.4 is 16.4 Å². The van der Waals surface area contributed by atoms with Crippen LogP contribution in [0.2, 0.25) is 0 Å². The van der Waals surface area contributed by atoms with Gasteiger partial charge in [-0.25, -0.2) is 4.98 Å². The number of hydrogen-bond donors (Lipinski definition) is 3. The minimum atomic E-state index is 0.346. The zero-order chi connectivity index (χ0) is 24.3. The highest BCUT2D eigenvalue weighted by Crippen LogP contribution is 2.33. The van der Waals surface area contributed by atoms with E-state index in [0.717, 1.165) is 55.2 Å². The quantitative estimate of drug-likeness (QED) is 0.237. The molecule has 0 aliphatic heterocycles. The minimum absolute atomic E-state index is 0.346. The maximum Gasteiger partial charge on any atom is 0.227 e. The lowest BCUT2D eigenvalue weighted by Crippen LogP contribution is -2.33. The molecule has 2 heterocycles. The van der Waals surface area contributed by atoms with E-state index < -0.39 is 0 Å². The first-order valence-electron chi connectivity index (χ1n) is 14.7. The molecule has 0 aromatic carbocycles. The number of hydrogen-bond acceptors (Lipinski definition) is 6. The number of aromatic nitrogens is 4. The number of nitrogens with one attached hydrogen (secondary N) is 2.